The summed E-state index contributed by atoms with van der Waals surface area (Å²) in [5.41, 5.74) is 0.293. The Hall–Kier alpha value is -1.69. The minimum Gasteiger partial charge on any atom is -0.393 e. The number of nitrogens with one attached hydrogen (secondary N) is 1. The van der Waals surface area contributed by atoms with Crippen molar-refractivity contribution in [3.8, 4) is 0 Å². The van der Waals surface area contributed by atoms with Crippen LogP contribution in [0.4, 0.5) is 10.1 Å². The van der Waals surface area contributed by atoms with Crippen molar-refractivity contribution in [1.82, 2.24) is 10.3 Å². The minimum atomic E-state index is -0.306. The molecule has 5 nitrogen and oxygen atoms in total. The molecular formula is C21H28FN3O2. The van der Waals surface area contributed by atoms with Gasteiger partial charge in [-0.25, -0.2) is 4.39 Å². The fourth-order valence-corrected chi connectivity index (χ4v) is 6.55. The fraction of sp³-hybridized carbons (Fsp3) is 0.714. The number of amides is 1. The molecule has 4 bridgehead atoms. The van der Waals surface area contributed by atoms with E-state index in [1.54, 1.807) is 12.3 Å². The van der Waals surface area contributed by atoms with Gasteiger partial charge in [0.15, 0.2) is 5.82 Å². The van der Waals surface area contributed by atoms with Gasteiger partial charge in [0.05, 0.1) is 23.4 Å². The van der Waals surface area contributed by atoms with E-state index >= 15 is 0 Å². The first-order valence-electron chi connectivity index (χ1n) is 10.4. The summed E-state index contributed by atoms with van der Waals surface area (Å²) in [6, 6.07) is 1.76. The maximum atomic E-state index is 14.1. The van der Waals surface area contributed by atoms with E-state index in [0.29, 0.717) is 30.0 Å². The zero-order chi connectivity index (χ0) is 18.6. The number of rotatable bonds is 3. The summed E-state index contributed by atoms with van der Waals surface area (Å²) in [7, 11) is 0. The fourth-order valence-electron chi connectivity index (χ4n) is 6.55. The van der Waals surface area contributed by atoms with Gasteiger partial charge in [-0.1, -0.05) is 0 Å². The molecule has 146 valence electrons. The highest BCUT2D eigenvalue weighted by atomic mass is 19.1. The van der Waals surface area contributed by atoms with Crippen molar-refractivity contribution in [3.63, 3.8) is 0 Å². The molecule has 4 saturated carbocycles. The second kappa shape index (κ2) is 6.43. The smallest absolute Gasteiger partial charge is 0.226 e. The van der Waals surface area contributed by atoms with Crippen LogP contribution in [0.15, 0.2) is 18.5 Å². The predicted octanol–water partition coefficient (Wildman–Crippen LogP) is 2.49. The molecular weight excluding hydrogens is 345 g/mol. The molecule has 2 N–H and O–H groups in total. The monoisotopic (exact) mass is 373 g/mol. The van der Waals surface area contributed by atoms with E-state index in [-0.39, 0.29) is 29.3 Å². The molecule has 4 aliphatic carbocycles. The average molecular weight is 373 g/mol. The number of halogens is 1. The van der Waals surface area contributed by atoms with Crippen molar-refractivity contribution in [1.29, 1.82) is 0 Å². The molecule has 3 atom stereocenters. The molecule has 1 amide bonds. The van der Waals surface area contributed by atoms with E-state index in [0.717, 1.165) is 51.5 Å². The van der Waals surface area contributed by atoms with E-state index in [4.69, 9.17) is 0 Å². The molecule has 5 fully saturated rings. The Morgan fingerprint density at radius 2 is 2.07 bits per heavy atom. The number of pyridine rings is 1. The number of nitrogens with zero attached hydrogens (tertiary/aromatic N) is 2. The Morgan fingerprint density at radius 3 is 2.81 bits per heavy atom. The van der Waals surface area contributed by atoms with Crippen LogP contribution in [0, 0.1) is 29.0 Å². The van der Waals surface area contributed by atoms with Gasteiger partial charge in [0.2, 0.25) is 5.91 Å². The van der Waals surface area contributed by atoms with Gasteiger partial charge < -0.3 is 15.3 Å². The Kier molecular flexibility index (Phi) is 4.15. The molecule has 6 heteroatoms. The van der Waals surface area contributed by atoms with Crippen molar-refractivity contribution in [2.24, 2.45) is 23.2 Å². The van der Waals surface area contributed by atoms with Gasteiger partial charge in [0, 0.05) is 25.3 Å². The molecule has 27 heavy (non-hydrogen) atoms. The van der Waals surface area contributed by atoms with Crippen molar-refractivity contribution in [3.05, 3.63) is 24.3 Å². The lowest BCUT2D eigenvalue weighted by molar-refractivity contribution is -0.163. The van der Waals surface area contributed by atoms with E-state index in [9.17, 15) is 14.3 Å². The summed E-state index contributed by atoms with van der Waals surface area (Å²) in [4.78, 5) is 19.1. The normalized spacial score (nSPS) is 40.2. The molecule has 1 saturated heterocycles. The zero-order valence-electron chi connectivity index (χ0n) is 15.6. The Labute approximate surface area is 159 Å². The topological polar surface area (TPSA) is 65.5 Å². The van der Waals surface area contributed by atoms with Gasteiger partial charge >= 0.3 is 0 Å². The number of hydrogen-bond donors (Lipinski definition) is 2. The number of aliphatic hydroxyl groups is 1. The van der Waals surface area contributed by atoms with Crippen LogP contribution in [0.5, 0.6) is 0 Å². The molecule has 1 aromatic rings. The molecule has 5 aliphatic rings. The third kappa shape index (κ3) is 2.93. The highest BCUT2D eigenvalue weighted by Crippen LogP contribution is 2.60. The largest absolute Gasteiger partial charge is 0.393 e. The van der Waals surface area contributed by atoms with Crippen LogP contribution in [0.2, 0.25) is 0 Å². The summed E-state index contributed by atoms with van der Waals surface area (Å²) < 4.78 is 14.1. The van der Waals surface area contributed by atoms with Crippen molar-refractivity contribution in [2.75, 3.05) is 18.0 Å². The molecule has 1 aliphatic heterocycles. The van der Waals surface area contributed by atoms with Gasteiger partial charge in [0.25, 0.3) is 0 Å². The van der Waals surface area contributed by atoms with E-state index in [1.165, 1.54) is 6.20 Å². The second-order valence-corrected chi connectivity index (χ2v) is 9.33. The lowest BCUT2D eigenvalue weighted by atomic mass is 9.48. The van der Waals surface area contributed by atoms with Gasteiger partial charge in [-0.2, -0.15) is 0 Å². The van der Waals surface area contributed by atoms with E-state index in [2.05, 4.69) is 10.3 Å². The molecule has 3 unspecified atom stereocenters. The third-order valence-electron chi connectivity index (χ3n) is 7.55. The van der Waals surface area contributed by atoms with E-state index in [1.807, 2.05) is 4.90 Å². The number of hydrogen-bond acceptors (Lipinski definition) is 4. The van der Waals surface area contributed by atoms with Gasteiger partial charge in [-0.3, -0.25) is 9.78 Å². The first-order chi connectivity index (χ1) is 13.0. The summed E-state index contributed by atoms with van der Waals surface area (Å²) in [5, 5.41) is 13.8. The van der Waals surface area contributed by atoms with Crippen LogP contribution < -0.4 is 10.2 Å². The van der Waals surface area contributed by atoms with Crippen molar-refractivity contribution in [2.45, 2.75) is 57.1 Å². The van der Waals surface area contributed by atoms with Crippen molar-refractivity contribution >= 4 is 11.6 Å². The molecule has 6 rings (SSSR count). The average Bonchev–Trinajstić information content (AvgIpc) is 2.66. The second-order valence-electron chi connectivity index (χ2n) is 9.33. The van der Waals surface area contributed by atoms with E-state index < -0.39 is 0 Å². The van der Waals surface area contributed by atoms with Crippen LogP contribution in [-0.2, 0) is 4.79 Å². The quantitative estimate of drug-likeness (QED) is 0.854. The van der Waals surface area contributed by atoms with Crippen molar-refractivity contribution < 1.29 is 14.3 Å². The summed E-state index contributed by atoms with van der Waals surface area (Å²) in [6.45, 7) is 1.44. The Bertz CT molecular complexity index is 726. The van der Waals surface area contributed by atoms with Crippen LogP contribution >= 0.6 is 0 Å². The Morgan fingerprint density at radius 1 is 1.30 bits per heavy atom. The molecule has 0 aromatic carbocycles. The van der Waals surface area contributed by atoms with Crippen LogP contribution in [0.25, 0.3) is 0 Å². The van der Waals surface area contributed by atoms with Crippen LogP contribution in [-0.4, -0.2) is 41.2 Å². The summed E-state index contributed by atoms with van der Waals surface area (Å²) >= 11 is 0. The van der Waals surface area contributed by atoms with Gasteiger partial charge in [0.1, 0.15) is 0 Å². The molecule has 0 radical (unpaired) electrons. The summed E-state index contributed by atoms with van der Waals surface area (Å²) in [5.74, 6) is 1.08. The highest BCUT2D eigenvalue weighted by molar-refractivity contribution is 5.83. The standard InChI is InChI=1S/C21H28FN3O2/c22-17-11-23-4-3-18(17)25-5-1-2-16(12-25)24-20(27)21-8-13-6-14(9-21)19(26)15(7-13)10-21/h3-4,11,13-16,19,26H,1-2,5-10,12H2,(H,24,27). The molecule has 0 spiro atoms. The number of aliphatic hydroxyl groups excluding tert-OH is 1. The van der Waals surface area contributed by atoms with Crippen LogP contribution in [0.1, 0.15) is 44.9 Å². The first-order valence-corrected chi connectivity index (χ1v) is 10.4. The highest BCUT2D eigenvalue weighted by Gasteiger charge is 2.58. The molecule has 1 aromatic heterocycles. The maximum Gasteiger partial charge on any atom is 0.226 e. The summed E-state index contributed by atoms with van der Waals surface area (Å²) in [6.07, 6.45) is 9.35. The lowest BCUT2D eigenvalue weighted by Crippen LogP contribution is -2.60. The Balaban J connectivity index is 1.28. The number of piperidine rings is 1. The SMILES string of the molecule is O=C(NC1CCCN(c2ccncc2F)C1)C12CC3CC(C1)C(O)C(C3)C2. The zero-order valence-corrected chi connectivity index (χ0v) is 15.6. The number of anilines is 1. The molecule has 2 heterocycles. The minimum absolute atomic E-state index is 0.0525. The number of carbonyl (C=O) groups excluding carboxylic acids is 1. The lowest BCUT2D eigenvalue weighted by Gasteiger charge is -2.58. The van der Waals surface area contributed by atoms with Crippen LogP contribution in [0.3, 0.4) is 0 Å². The number of aromatic nitrogens is 1. The first kappa shape index (κ1) is 17.4. The third-order valence-corrected chi connectivity index (χ3v) is 7.55. The van der Waals surface area contributed by atoms with Gasteiger partial charge in [-0.15, -0.1) is 0 Å². The predicted molar refractivity (Wildman–Crippen MR) is 99.6 cm³/mol. The van der Waals surface area contributed by atoms with Gasteiger partial charge in [-0.05, 0) is 68.8 Å². The maximum absolute atomic E-state index is 14.1. The number of carbonyl (C=O) groups is 1.